The van der Waals surface area contributed by atoms with Gasteiger partial charge in [-0.1, -0.05) is 32.4 Å². The van der Waals surface area contributed by atoms with Gasteiger partial charge in [-0.15, -0.1) is 13.2 Å². The highest BCUT2D eigenvalue weighted by Gasteiger charge is 2.33. The Balaban J connectivity index is 2.12. The molecule has 1 N–H and O–H groups in total. The number of anilines is 1. The zero-order valence-electron chi connectivity index (χ0n) is 11.7. The summed E-state index contributed by atoms with van der Waals surface area (Å²) in [6.07, 6.45) is -1.41. The van der Waals surface area contributed by atoms with Crippen molar-refractivity contribution < 1.29 is 17.9 Å². The molecule has 3 atom stereocenters. The van der Waals surface area contributed by atoms with Crippen molar-refractivity contribution in [3.8, 4) is 5.75 Å². The number of hydrogen-bond donors (Lipinski definition) is 1. The summed E-state index contributed by atoms with van der Waals surface area (Å²) >= 11 is 0. The molecule has 20 heavy (non-hydrogen) atoms. The quantitative estimate of drug-likeness (QED) is 0.860. The molecule has 3 unspecified atom stereocenters. The van der Waals surface area contributed by atoms with Gasteiger partial charge in [0, 0.05) is 6.04 Å². The van der Waals surface area contributed by atoms with Gasteiger partial charge < -0.3 is 10.1 Å². The minimum Gasteiger partial charge on any atom is -0.404 e. The molecule has 0 bridgehead atoms. The Bertz CT molecular complexity index is 447. The van der Waals surface area contributed by atoms with E-state index in [0.29, 0.717) is 17.5 Å². The second kappa shape index (κ2) is 5.94. The van der Waals surface area contributed by atoms with Gasteiger partial charge in [0.2, 0.25) is 0 Å². The minimum atomic E-state index is -4.66. The van der Waals surface area contributed by atoms with E-state index in [1.54, 1.807) is 18.2 Å². The summed E-state index contributed by atoms with van der Waals surface area (Å²) in [5.41, 5.74) is 0.413. The molecule has 112 valence electrons. The molecule has 1 aliphatic carbocycles. The number of alkyl halides is 3. The van der Waals surface area contributed by atoms with E-state index in [9.17, 15) is 13.2 Å². The van der Waals surface area contributed by atoms with Gasteiger partial charge in [0.05, 0.1) is 5.69 Å². The molecule has 1 saturated carbocycles. The monoisotopic (exact) mass is 287 g/mol. The van der Waals surface area contributed by atoms with Crippen molar-refractivity contribution in [2.24, 2.45) is 11.8 Å². The third-order valence-electron chi connectivity index (χ3n) is 3.91. The van der Waals surface area contributed by atoms with E-state index >= 15 is 0 Å². The predicted molar refractivity (Wildman–Crippen MR) is 72.7 cm³/mol. The Morgan fingerprint density at radius 2 is 1.85 bits per heavy atom. The highest BCUT2D eigenvalue weighted by molar-refractivity contribution is 5.57. The van der Waals surface area contributed by atoms with Crippen LogP contribution in [0, 0.1) is 11.8 Å². The van der Waals surface area contributed by atoms with Crippen molar-refractivity contribution in [1.29, 1.82) is 0 Å². The van der Waals surface area contributed by atoms with Gasteiger partial charge in [-0.2, -0.15) is 0 Å². The van der Waals surface area contributed by atoms with Crippen LogP contribution in [0.3, 0.4) is 0 Å². The molecule has 5 heteroatoms. The standard InChI is InChI=1S/C15H20F3NO/c1-10-7-8-11(2)13(9-10)19-12-5-3-4-6-14(12)20-15(16,17)18/h3-6,10-11,13,19H,7-9H2,1-2H3. The molecular formula is C15H20F3NO. The first-order valence-corrected chi connectivity index (χ1v) is 6.96. The molecule has 0 spiro atoms. The minimum absolute atomic E-state index is 0.162. The largest absolute Gasteiger partial charge is 0.573 e. The lowest BCUT2D eigenvalue weighted by Crippen LogP contribution is -2.33. The van der Waals surface area contributed by atoms with Crippen molar-refractivity contribution in [1.82, 2.24) is 0 Å². The molecule has 0 amide bonds. The fourth-order valence-electron chi connectivity index (χ4n) is 2.73. The first-order chi connectivity index (χ1) is 9.35. The van der Waals surface area contributed by atoms with Crippen LogP contribution >= 0.6 is 0 Å². The van der Waals surface area contributed by atoms with E-state index in [0.717, 1.165) is 12.8 Å². The lowest BCUT2D eigenvalue weighted by atomic mass is 9.80. The SMILES string of the molecule is CC1CCC(C)C(Nc2ccccc2OC(F)(F)F)C1. The number of para-hydroxylation sites is 2. The molecule has 0 aromatic heterocycles. The van der Waals surface area contributed by atoms with E-state index in [2.05, 4.69) is 23.9 Å². The Labute approximate surface area is 117 Å². The highest BCUT2D eigenvalue weighted by Crippen LogP contribution is 2.35. The maximum Gasteiger partial charge on any atom is 0.573 e. The molecule has 2 nitrogen and oxygen atoms in total. The summed E-state index contributed by atoms with van der Waals surface area (Å²) in [5, 5.41) is 3.23. The molecule has 1 aromatic rings. The van der Waals surface area contributed by atoms with E-state index in [1.807, 2.05) is 0 Å². The third kappa shape index (κ3) is 4.05. The summed E-state index contributed by atoms with van der Waals surface area (Å²) in [6, 6.07) is 6.42. The van der Waals surface area contributed by atoms with Crippen LogP contribution < -0.4 is 10.1 Å². The van der Waals surface area contributed by atoms with Crippen LogP contribution in [0.1, 0.15) is 33.1 Å². The zero-order chi connectivity index (χ0) is 14.8. The molecule has 1 fully saturated rings. The van der Waals surface area contributed by atoms with Gasteiger partial charge >= 0.3 is 6.36 Å². The van der Waals surface area contributed by atoms with Crippen LogP contribution in [0.4, 0.5) is 18.9 Å². The lowest BCUT2D eigenvalue weighted by molar-refractivity contribution is -0.274. The van der Waals surface area contributed by atoms with Crippen molar-refractivity contribution in [3.05, 3.63) is 24.3 Å². The third-order valence-corrected chi connectivity index (χ3v) is 3.91. The summed E-state index contributed by atoms with van der Waals surface area (Å²) in [5.74, 6) is 0.884. The second-order valence-electron chi connectivity index (χ2n) is 5.69. The van der Waals surface area contributed by atoms with Crippen LogP contribution in [0.5, 0.6) is 5.75 Å². The number of nitrogens with one attached hydrogen (secondary N) is 1. The molecule has 0 aliphatic heterocycles. The van der Waals surface area contributed by atoms with E-state index in [-0.39, 0.29) is 11.8 Å². The van der Waals surface area contributed by atoms with Crippen LogP contribution in [0.2, 0.25) is 0 Å². The van der Waals surface area contributed by atoms with E-state index in [4.69, 9.17) is 0 Å². The topological polar surface area (TPSA) is 21.3 Å². The van der Waals surface area contributed by atoms with Crippen molar-refractivity contribution in [2.45, 2.75) is 45.5 Å². The van der Waals surface area contributed by atoms with Gasteiger partial charge in [0.15, 0.2) is 5.75 Å². The normalized spacial score (nSPS) is 27.1. The molecule has 1 aliphatic rings. The summed E-state index contributed by atoms with van der Waals surface area (Å²) < 4.78 is 41.2. The smallest absolute Gasteiger partial charge is 0.404 e. The predicted octanol–water partition coefficient (Wildman–Crippen LogP) is 4.82. The number of benzene rings is 1. The van der Waals surface area contributed by atoms with Gasteiger partial charge in [-0.3, -0.25) is 0 Å². The van der Waals surface area contributed by atoms with Gasteiger partial charge in [0.25, 0.3) is 0 Å². The number of rotatable bonds is 3. The summed E-state index contributed by atoms with van der Waals surface area (Å²) in [4.78, 5) is 0. The zero-order valence-corrected chi connectivity index (χ0v) is 11.7. The van der Waals surface area contributed by atoms with Gasteiger partial charge in [-0.05, 0) is 36.8 Å². The Morgan fingerprint density at radius 1 is 1.15 bits per heavy atom. The number of ether oxygens (including phenoxy) is 1. The molecular weight excluding hydrogens is 267 g/mol. The van der Waals surface area contributed by atoms with E-state index < -0.39 is 6.36 Å². The average molecular weight is 287 g/mol. The second-order valence-corrected chi connectivity index (χ2v) is 5.69. The summed E-state index contributed by atoms with van der Waals surface area (Å²) in [7, 11) is 0. The first-order valence-electron chi connectivity index (χ1n) is 6.96. The van der Waals surface area contributed by atoms with Crippen molar-refractivity contribution >= 4 is 5.69 Å². The maximum absolute atomic E-state index is 12.4. The lowest BCUT2D eigenvalue weighted by Gasteiger charge is -2.34. The Kier molecular flexibility index (Phi) is 4.45. The fourth-order valence-corrected chi connectivity index (χ4v) is 2.73. The molecule has 2 rings (SSSR count). The van der Waals surface area contributed by atoms with Gasteiger partial charge in [0.1, 0.15) is 0 Å². The van der Waals surface area contributed by atoms with Crippen LogP contribution in [0.25, 0.3) is 0 Å². The van der Waals surface area contributed by atoms with Gasteiger partial charge in [-0.25, -0.2) is 0 Å². The average Bonchev–Trinajstić information content (AvgIpc) is 2.34. The summed E-state index contributed by atoms with van der Waals surface area (Å²) in [6.45, 7) is 4.31. The van der Waals surface area contributed by atoms with Crippen molar-refractivity contribution in [3.63, 3.8) is 0 Å². The molecule has 1 aromatic carbocycles. The number of halogens is 3. The van der Waals surface area contributed by atoms with Crippen LogP contribution in [0.15, 0.2) is 24.3 Å². The molecule has 0 saturated heterocycles. The number of hydrogen-bond acceptors (Lipinski definition) is 2. The first kappa shape index (κ1) is 15.0. The molecule has 0 heterocycles. The molecule has 0 radical (unpaired) electrons. The van der Waals surface area contributed by atoms with Crippen molar-refractivity contribution in [2.75, 3.05) is 5.32 Å². The van der Waals surface area contributed by atoms with Crippen LogP contribution in [-0.4, -0.2) is 12.4 Å². The van der Waals surface area contributed by atoms with Crippen LogP contribution in [-0.2, 0) is 0 Å². The Morgan fingerprint density at radius 3 is 2.55 bits per heavy atom. The maximum atomic E-state index is 12.4. The van der Waals surface area contributed by atoms with E-state index in [1.165, 1.54) is 12.5 Å². The Hall–Kier alpha value is -1.39. The highest BCUT2D eigenvalue weighted by atomic mass is 19.4. The fraction of sp³-hybridized carbons (Fsp3) is 0.600.